The molecule has 120 valence electrons. The van der Waals surface area contributed by atoms with E-state index in [1.165, 1.54) is 6.42 Å². The number of ether oxygens (including phenoxy) is 1. The van der Waals surface area contributed by atoms with E-state index in [0.717, 1.165) is 38.8 Å². The highest BCUT2D eigenvalue weighted by Crippen LogP contribution is 2.29. The summed E-state index contributed by atoms with van der Waals surface area (Å²) < 4.78 is 5.23. The third-order valence-corrected chi connectivity index (χ3v) is 4.31. The molecule has 2 aliphatic rings. The van der Waals surface area contributed by atoms with Crippen molar-refractivity contribution in [3.63, 3.8) is 0 Å². The van der Waals surface area contributed by atoms with E-state index in [-0.39, 0.29) is 6.09 Å². The number of carbonyl (C=O) groups excluding carboxylic acids is 2. The number of rotatable bonds is 3. The highest BCUT2D eigenvalue weighted by molar-refractivity contribution is 5.79. The van der Waals surface area contributed by atoms with Crippen LogP contribution >= 0.6 is 0 Å². The SMILES string of the molecule is CC(C)(C)OC(=O)NCC1CCN(C(=O)C2CCC2)CC1. The monoisotopic (exact) mass is 296 g/mol. The number of hydrogen-bond acceptors (Lipinski definition) is 3. The fourth-order valence-corrected chi connectivity index (χ4v) is 2.81. The number of carbonyl (C=O) groups is 2. The summed E-state index contributed by atoms with van der Waals surface area (Å²) in [7, 11) is 0. The van der Waals surface area contributed by atoms with Crippen molar-refractivity contribution in [3.05, 3.63) is 0 Å². The Balaban J connectivity index is 1.65. The Morgan fingerprint density at radius 1 is 1.14 bits per heavy atom. The molecule has 5 nitrogen and oxygen atoms in total. The Bertz CT molecular complexity index is 377. The average Bonchev–Trinajstić information content (AvgIpc) is 2.33. The van der Waals surface area contributed by atoms with Crippen molar-refractivity contribution < 1.29 is 14.3 Å². The summed E-state index contributed by atoms with van der Waals surface area (Å²) in [5, 5.41) is 2.83. The minimum atomic E-state index is -0.456. The van der Waals surface area contributed by atoms with Crippen molar-refractivity contribution in [2.75, 3.05) is 19.6 Å². The van der Waals surface area contributed by atoms with Crippen LogP contribution in [0.1, 0.15) is 52.9 Å². The second kappa shape index (κ2) is 6.67. The zero-order valence-corrected chi connectivity index (χ0v) is 13.5. The third kappa shape index (κ3) is 4.90. The van der Waals surface area contributed by atoms with Gasteiger partial charge in [-0.25, -0.2) is 4.79 Å². The van der Waals surface area contributed by atoms with Gasteiger partial charge in [-0.2, -0.15) is 0 Å². The van der Waals surface area contributed by atoms with Gasteiger partial charge in [0.05, 0.1) is 0 Å². The summed E-state index contributed by atoms with van der Waals surface area (Å²) in [5.74, 6) is 1.09. The first-order valence-electron chi connectivity index (χ1n) is 8.11. The molecule has 0 aromatic carbocycles. The van der Waals surface area contributed by atoms with E-state index >= 15 is 0 Å². The molecule has 0 aromatic heterocycles. The zero-order valence-electron chi connectivity index (χ0n) is 13.5. The van der Waals surface area contributed by atoms with Crippen molar-refractivity contribution in [1.29, 1.82) is 0 Å². The minimum Gasteiger partial charge on any atom is -0.444 e. The average molecular weight is 296 g/mol. The Kier molecular flexibility index (Phi) is 5.12. The lowest BCUT2D eigenvalue weighted by molar-refractivity contribution is -0.139. The van der Waals surface area contributed by atoms with Gasteiger partial charge in [-0.15, -0.1) is 0 Å². The molecule has 0 atom stereocenters. The van der Waals surface area contributed by atoms with Gasteiger partial charge in [0.15, 0.2) is 0 Å². The fraction of sp³-hybridized carbons (Fsp3) is 0.875. The van der Waals surface area contributed by atoms with Crippen molar-refractivity contribution >= 4 is 12.0 Å². The van der Waals surface area contributed by atoms with E-state index in [4.69, 9.17) is 4.74 Å². The molecule has 0 radical (unpaired) electrons. The Hall–Kier alpha value is -1.26. The maximum Gasteiger partial charge on any atom is 0.407 e. The highest BCUT2D eigenvalue weighted by atomic mass is 16.6. The molecular weight excluding hydrogens is 268 g/mol. The van der Waals surface area contributed by atoms with Crippen molar-refractivity contribution in [2.24, 2.45) is 11.8 Å². The number of hydrogen-bond donors (Lipinski definition) is 1. The molecule has 21 heavy (non-hydrogen) atoms. The second-order valence-corrected chi connectivity index (χ2v) is 7.28. The topological polar surface area (TPSA) is 58.6 Å². The molecule has 0 unspecified atom stereocenters. The molecule has 0 spiro atoms. The molecule has 1 saturated heterocycles. The van der Waals surface area contributed by atoms with Gasteiger partial charge in [-0.1, -0.05) is 6.42 Å². The summed E-state index contributed by atoms with van der Waals surface area (Å²) in [6.45, 7) is 7.87. The number of nitrogens with zero attached hydrogens (tertiary/aromatic N) is 1. The Morgan fingerprint density at radius 2 is 1.76 bits per heavy atom. The summed E-state index contributed by atoms with van der Waals surface area (Å²) >= 11 is 0. The molecule has 2 amide bonds. The maximum absolute atomic E-state index is 12.1. The highest BCUT2D eigenvalue weighted by Gasteiger charge is 2.31. The van der Waals surface area contributed by atoms with Gasteiger partial charge in [-0.05, 0) is 52.4 Å². The summed E-state index contributed by atoms with van der Waals surface area (Å²) in [6.07, 6.45) is 4.92. The predicted octanol–water partition coefficient (Wildman–Crippen LogP) is 2.55. The van der Waals surface area contributed by atoms with Crippen LogP contribution in [0.15, 0.2) is 0 Å². The van der Waals surface area contributed by atoms with E-state index in [1.54, 1.807) is 0 Å². The lowest BCUT2D eigenvalue weighted by Gasteiger charge is -2.36. The quantitative estimate of drug-likeness (QED) is 0.870. The smallest absolute Gasteiger partial charge is 0.407 e. The van der Waals surface area contributed by atoms with E-state index in [2.05, 4.69) is 5.32 Å². The van der Waals surface area contributed by atoms with E-state index in [9.17, 15) is 9.59 Å². The maximum atomic E-state index is 12.1. The minimum absolute atomic E-state index is 0.293. The van der Waals surface area contributed by atoms with Crippen LogP contribution in [-0.4, -0.2) is 42.1 Å². The van der Waals surface area contributed by atoms with Crippen LogP contribution in [0.3, 0.4) is 0 Å². The van der Waals surface area contributed by atoms with Gasteiger partial charge < -0.3 is 15.0 Å². The number of amides is 2. The standard InChI is InChI=1S/C16H28N2O3/c1-16(2,3)21-15(20)17-11-12-7-9-18(10-8-12)14(19)13-5-4-6-13/h12-13H,4-11H2,1-3H3,(H,17,20). The molecule has 0 bridgehead atoms. The molecule has 5 heteroatoms. The van der Waals surface area contributed by atoms with Crippen LogP contribution in [-0.2, 0) is 9.53 Å². The fourth-order valence-electron chi connectivity index (χ4n) is 2.81. The Labute approximate surface area is 127 Å². The number of likely N-dealkylation sites (tertiary alicyclic amines) is 1. The first-order valence-corrected chi connectivity index (χ1v) is 8.11. The van der Waals surface area contributed by atoms with Crippen molar-refractivity contribution in [1.82, 2.24) is 10.2 Å². The van der Waals surface area contributed by atoms with Gasteiger partial charge in [0.25, 0.3) is 0 Å². The van der Waals surface area contributed by atoms with Gasteiger partial charge in [0, 0.05) is 25.6 Å². The molecule has 2 fully saturated rings. The molecular formula is C16H28N2O3. The largest absolute Gasteiger partial charge is 0.444 e. The van der Waals surface area contributed by atoms with Gasteiger partial charge >= 0.3 is 6.09 Å². The lowest BCUT2D eigenvalue weighted by atomic mass is 9.83. The second-order valence-electron chi connectivity index (χ2n) is 7.28. The number of nitrogens with one attached hydrogen (secondary N) is 1. The molecule has 2 rings (SSSR count). The number of piperidine rings is 1. The van der Waals surface area contributed by atoms with Crippen LogP contribution in [0.2, 0.25) is 0 Å². The van der Waals surface area contributed by atoms with Gasteiger partial charge in [0.1, 0.15) is 5.60 Å². The molecule has 1 aliphatic heterocycles. The molecule has 1 saturated carbocycles. The summed E-state index contributed by atoms with van der Waals surface area (Å²) in [5.41, 5.74) is -0.456. The van der Waals surface area contributed by atoms with E-state index in [1.807, 2.05) is 25.7 Å². The van der Waals surface area contributed by atoms with Crippen LogP contribution < -0.4 is 5.32 Å². The third-order valence-electron chi connectivity index (χ3n) is 4.31. The zero-order chi connectivity index (χ0) is 15.5. The van der Waals surface area contributed by atoms with Crippen LogP contribution in [0.4, 0.5) is 4.79 Å². The Morgan fingerprint density at radius 3 is 2.24 bits per heavy atom. The van der Waals surface area contributed by atoms with E-state index < -0.39 is 5.60 Å². The summed E-state index contributed by atoms with van der Waals surface area (Å²) in [4.78, 5) is 25.8. The van der Waals surface area contributed by atoms with Crippen LogP contribution in [0.25, 0.3) is 0 Å². The molecule has 0 aromatic rings. The normalized spacial score (nSPS) is 20.8. The lowest BCUT2D eigenvalue weighted by Crippen LogP contribution is -2.45. The first-order chi connectivity index (χ1) is 9.85. The van der Waals surface area contributed by atoms with E-state index in [0.29, 0.717) is 24.3 Å². The van der Waals surface area contributed by atoms with Crippen molar-refractivity contribution in [3.8, 4) is 0 Å². The molecule has 1 heterocycles. The summed E-state index contributed by atoms with van der Waals surface area (Å²) in [6, 6.07) is 0. The molecule has 1 aliphatic carbocycles. The number of alkyl carbamates (subject to hydrolysis) is 1. The molecule has 1 N–H and O–H groups in total. The van der Waals surface area contributed by atoms with Crippen molar-refractivity contribution in [2.45, 2.75) is 58.5 Å². The van der Waals surface area contributed by atoms with Gasteiger partial charge in [0.2, 0.25) is 5.91 Å². The van der Waals surface area contributed by atoms with Crippen LogP contribution in [0.5, 0.6) is 0 Å². The first kappa shape index (κ1) is 16.1. The van der Waals surface area contributed by atoms with Crippen LogP contribution in [0, 0.1) is 11.8 Å². The predicted molar refractivity (Wildman–Crippen MR) is 80.9 cm³/mol. The van der Waals surface area contributed by atoms with Gasteiger partial charge in [-0.3, -0.25) is 4.79 Å².